The van der Waals surface area contributed by atoms with Crippen molar-refractivity contribution < 1.29 is 65.8 Å². The SMILES string of the molecule is C=Cc1ccccc1OS(=O)[O-].[H-].[K+]. The maximum absolute atomic E-state index is 10.2. The van der Waals surface area contributed by atoms with Crippen LogP contribution in [-0.2, 0) is 11.4 Å². The zero-order chi connectivity index (χ0) is 8.97. The summed E-state index contributed by atoms with van der Waals surface area (Å²) in [6.45, 7) is 3.52. The van der Waals surface area contributed by atoms with Gasteiger partial charge in [0.25, 0.3) is 0 Å². The molecular formula is C8H8KO3S-. The summed E-state index contributed by atoms with van der Waals surface area (Å²) in [7, 11) is 0. The van der Waals surface area contributed by atoms with Crippen molar-refractivity contribution >= 4 is 17.4 Å². The molecule has 0 spiro atoms. The molecule has 3 nitrogen and oxygen atoms in total. The van der Waals surface area contributed by atoms with Crippen LogP contribution in [0.4, 0.5) is 0 Å². The number of para-hydroxylation sites is 1. The summed E-state index contributed by atoms with van der Waals surface area (Å²) in [6, 6.07) is 6.74. The number of hydrogen-bond donors (Lipinski definition) is 0. The fourth-order valence-corrected chi connectivity index (χ4v) is 1.10. The molecule has 1 aromatic rings. The van der Waals surface area contributed by atoms with Gasteiger partial charge in [0.2, 0.25) is 0 Å². The van der Waals surface area contributed by atoms with Crippen molar-refractivity contribution in [2.75, 3.05) is 0 Å². The molecule has 1 unspecified atom stereocenters. The predicted molar refractivity (Wildman–Crippen MR) is 47.2 cm³/mol. The number of rotatable bonds is 3. The van der Waals surface area contributed by atoms with E-state index in [1.54, 1.807) is 24.3 Å². The van der Waals surface area contributed by atoms with Crippen LogP contribution in [0.1, 0.15) is 6.99 Å². The van der Waals surface area contributed by atoms with Crippen molar-refractivity contribution in [1.82, 2.24) is 0 Å². The van der Waals surface area contributed by atoms with Crippen LogP contribution in [-0.4, -0.2) is 8.76 Å². The molecule has 0 aliphatic heterocycles. The van der Waals surface area contributed by atoms with Gasteiger partial charge in [0.05, 0.1) is 0 Å². The summed E-state index contributed by atoms with van der Waals surface area (Å²) in [5, 5.41) is 0. The van der Waals surface area contributed by atoms with Crippen molar-refractivity contribution in [1.29, 1.82) is 0 Å². The van der Waals surface area contributed by atoms with Gasteiger partial charge in [-0.3, -0.25) is 0 Å². The van der Waals surface area contributed by atoms with E-state index in [0.717, 1.165) is 0 Å². The van der Waals surface area contributed by atoms with Crippen LogP contribution in [0.15, 0.2) is 30.8 Å². The second-order valence-corrected chi connectivity index (χ2v) is 2.60. The van der Waals surface area contributed by atoms with E-state index in [-0.39, 0.29) is 52.8 Å². The molecule has 0 saturated carbocycles. The molecule has 13 heavy (non-hydrogen) atoms. The van der Waals surface area contributed by atoms with E-state index >= 15 is 0 Å². The third-order valence-electron chi connectivity index (χ3n) is 1.30. The maximum Gasteiger partial charge on any atom is 1.00 e. The van der Waals surface area contributed by atoms with Crippen LogP contribution in [0.2, 0.25) is 0 Å². The van der Waals surface area contributed by atoms with Crippen LogP contribution in [0.5, 0.6) is 5.75 Å². The summed E-state index contributed by atoms with van der Waals surface area (Å²) in [6.07, 6.45) is 1.53. The Morgan fingerprint density at radius 1 is 1.54 bits per heavy atom. The van der Waals surface area contributed by atoms with Crippen molar-refractivity contribution in [2.24, 2.45) is 0 Å². The van der Waals surface area contributed by atoms with Crippen LogP contribution < -0.4 is 55.6 Å². The number of hydrogen-bond acceptors (Lipinski definition) is 3. The third-order valence-corrected chi connectivity index (χ3v) is 1.61. The maximum atomic E-state index is 10.2. The Balaban J connectivity index is 0. The van der Waals surface area contributed by atoms with E-state index in [2.05, 4.69) is 10.8 Å². The summed E-state index contributed by atoms with van der Waals surface area (Å²) >= 11 is -2.53. The zero-order valence-electron chi connectivity index (χ0n) is 8.23. The van der Waals surface area contributed by atoms with Crippen molar-refractivity contribution in [3.8, 4) is 5.75 Å². The van der Waals surface area contributed by atoms with Gasteiger partial charge in [0, 0.05) is 5.56 Å². The quantitative estimate of drug-likeness (QED) is 0.469. The van der Waals surface area contributed by atoms with Crippen molar-refractivity contribution in [2.45, 2.75) is 0 Å². The zero-order valence-corrected chi connectivity index (χ0v) is 11.2. The van der Waals surface area contributed by atoms with Crippen LogP contribution in [0.3, 0.4) is 0 Å². The van der Waals surface area contributed by atoms with Crippen LogP contribution in [0, 0.1) is 0 Å². The molecule has 0 fully saturated rings. The molecule has 0 radical (unpaired) electrons. The largest absolute Gasteiger partial charge is 1.00 e. The van der Waals surface area contributed by atoms with Crippen LogP contribution >= 0.6 is 0 Å². The second kappa shape index (κ2) is 6.89. The molecule has 5 heteroatoms. The normalized spacial score (nSPS) is 11.2. The average Bonchev–Trinajstić information content (AvgIpc) is 2.04. The number of benzene rings is 1. The van der Waals surface area contributed by atoms with E-state index in [1.807, 2.05) is 0 Å². The molecule has 1 atom stereocenters. The molecule has 1 rings (SSSR count). The fraction of sp³-hybridized carbons (Fsp3) is 0. The monoisotopic (exact) mass is 223 g/mol. The van der Waals surface area contributed by atoms with E-state index in [0.29, 0.717) is 11.3 Å². The molecule has 0 bridgehead atoms. The first kappa shape index (κ1) is 13.5. The molecule has 66 valence electrons. The summed E-state index contributed by atoms with van der Waals surface area (Å²) < 4.78 is 24.8. The molecule has 0 saturated heterocycles. The van der Waals surface area contributed by atoms with Gasteiger partial charge in [-0.2, -0.15) is 0 Å². The van der Waals surface area contributed by atoms with Gasteiger partial charge in [0.1, 0.15) is 17.1 Å². The van der Waals surface area contributed by atoms with Gasteiger partial charge in [-0.1, -0.05) is 30.9 Å². The first-order valence-corrected chi connectivity index (χ1v) is 4.23. The Morgan fingerprint density at radius 3 is 2.69 bits per heavy atom. The minimum atomic E-state index is -2.53. The van der Waals surface area contributed by atoms with Gasteiger partial charge >= 0.3 is 51.4 Å². The van der Waals surface area contributed by atoms with E-state index < -0.39 is 11.4 Å². The Labute approximate surface area is 124 Å². The smallest absolute Gasteiger partial charge is 1.00 e. The molecule has 0 aliphatic carbocycles. The first-order valence-electron chi connectivity index (χ1n) is 3.23. The van der Waals surface area contributed by atoms with Crippen molar-refractivity contribution in [3.63, 3.8) is 0 Å². The van der Waals surface area contributed by atoms with Gasteiger partial charge in [-0.05, 0) is 6.07 Å². The summed E-state index contributed by atoms with van der Waals surface area (Å²) in [4.78, 5) is 0. The molecule has 0 aromatic heterocycles. The third kappa shape index (κ3) is 4.50. The van der Waals surface area contributed by atoms with Gasteiger partial charge < -0.3 is 10.2 Å². The van der Waals surface area contributed by atoms with E-state index in [4.69, 9.17) is 0 Å². The van der Waals surface area contributed by atoms with Gasteiger partial charge in [-0.15, -0.1) is 0 Å². The first-order chi connectivity index (χ1) is 5.74. The van der Waals surface area contributed by atoms with E-state index in [1.165, 1.54) is 6.08 Å². The standard InChI is InChI=1S/C8H8O3S.K.H/c1-2-7-5-3-4-6-8(7)11-12(9)10;;/h2-6H,1H2,(H,9,10);;/q;+1;-1/p-1. The summed E-state index contributed by atoms with van der Waals surface area (Å²) in [5.41, 5.74) is 0.654. The minimum absolute atomic E-state index is 0. The molecule has 0 heterocycles. The molecular weight excluding hydrogens is 215 g/mol. The van der Waals surface area contributed by atoms with Gasteiger partial charge in [0.15, 0.2) is 0 Å². The molecule has 1 aromatic carbocycles. The van der Waals surface area contributed by atoms with Crippen molar-refractivity contribution in [3.05, 3.63) is 36.4 Å². The Morgan fingerprint density at radius 2 is 2.15 bits per heavy atom. The second-order valence-electron chi connectivity index (χ2n) is 2.03. The molecule has 0 N–H and O–H groups in total. The minimum Gasteiger partial charge on any atom is -1.00 e. The fourth-order valence-electron chi connectivity index (χ4n) is 0.798. The predicted octanol–water partition coefficient (Wildman–Crippen LogP) is -1.38. The van der Waals surface area contributed by atoms with Crippen LogP contribution in [0.25, 0.3) is 6.08 Å². The molecule has 0 amide bonds. The van der Waals surface area contributed by atoms with E-state index in [9.17, 15) is 8.76 Å². The summed E-state index contributed by atoms with van der Waals surface area (Å²) in [5.74, 6) is 0.292. The molecule has 0 aliphatic rings. The Kier molecular flexibility index (Phi) is 7.15. The Hall–Kier alpha value is 0.506. The topological polar surface area (TPSA) is 49.4 Å². The average molecular weight is 223 g/mol. The van der Waals surface area contributed by atoms with Gasteiger partial charge in [-0.25, -0.2) is 4.21 Å². The Bertz CT molecular complexity index is 319.